The number of piperazine rings is 1. The normalized spacial score (nSPS) is 17.7. The molecule has 1 saturated heterocycles. The lowest BCUT2D eigenvalue weighted by atomic mass is 10.0. The standard InChI is InChI=1S/C22H29N5O/c28-21(11-10-18-6-4-5-7-18)25-19-16-23-22(24-17-19)27-14-12-26(13-15-27)20-8-2-1-3-9-20/h1-3,8-9,16-18H,4-7,10-15H2,(H,25,28). The van der Waals surface area contributed by atoms with Crippen molar-refractivity contribution in [2.75, 3.05) is 41.3 Å². The molecule has 1 aliphatic carbocycles. The van der Waals surface area contributed by atoms with E-state index >= 15 is 0 Å². The molecule has 2 heterocycles. The first-order chi connectivity index (χ1) is 13.8. The molecule has 1 aromatic carbocycles. The third-order valence-corrected chi connectivity index (χ3v) is 5.86. The van der Waals surface area contributed by atoms with Gasteiger partial charge in [-0.2, -0.15) is 0 Å². The number of amides is 1. The van der Waals surface area contributed by atoms with Gasteiger partial charge in [0, 0.05) is 38.3 Å². The van der Waals surface area contributed by atoms with Crippen molar-refractivity contribution >= 4 is 23.2 Å². The zero-order valence-corrected chi connectivity index (χ0v) is 16.4. The fraction of sp³-hybridized carbons (Fsp3) is 0.500. The number of nitrogens with zero attached hydrogens (tertiary/aromatic N) is 4. The van der Waals surface area contributed by atoms with Crippen LogP contribution in [0, 0.1) is 5.92 Å². The number of carbonyl (C=O) groups is 1. The maximum atomic E-state index is 12.1. The number of aromatic nitrogens is 2. The minimum Gasteiger partial charge on any atom is -0.368 e. The van der Waals surface area contributed by atoms with E-state index in [1.165, 1.54) is 31.4 Å². The average Bonchev–Trinajstić information content (AvgIpc) is 3.27. The van der Waals surface area contributed by atoms with Gasteiger partial charge in [-0.3, -0.25) is 4.79 Å². The monoisotopic (exact) mass is 379 g/mol. The van der Waals surface area contributed by atoms with E-state index in [9.17, 15) is 4.79 Å². The topological polar surface area (TPSA) is 61.4 Å². The summed E-state index contributed by atoms with van der Waals surface area (Å²) in [4.78, 5) is 25.7. The Bertz CT molecular complexity index is 750. The Balaban J connectivity index is 1.25. The van der Waals surface area contributed by atoms with E-state index in [0.717, 1.165) is 44.5 Å². The fourth-order valence-corrected chi connectivity index (χ4v) is 4.21. The fourth-order valence-electron chi connectivity index (χ4n) is 4.21. The Morgan fingerprint density at radius 2 is 1.61 bits per heavy atom. The predicted molar refractivity (Wildman–Crippen MR) is 113 cm³/mol. The highest BCUT2D eigenvalue weighted by atomic mass is 16.1. The third-order valence-electron chi connectivity index (χ3n) is 5.86. The largest absolute Gasteiger partial charge is 0.368 e. The molecule has 0 unspecified atom stereocenters. The second-order valence-corrected chi connectivity index (χ2v) is 7.82. The van der Waals surface area contributed by atoms with Gasteiger partial charge in [0.1, 0.15) is 0 Å². The van der Waals surface area contributed by atoms with Crippen LogP contribution in [0.3, 0.4) is 0 Å². The summed E-state index contributed by atoms with van der Waals surface area (Å²) in [5, 5.41) is 2.93. The molecule has 2 aliphatic rings. The first kappa shape index (κ1) is 18.7. The van der Waals surface area contributed by atoms with Crippen molar-refractivity contribution in [2.45, 2.75) is 38.5 Å². The minimum absolute atomic E-state index is 0.0692. The molecule has 4 rings (SSSR count). The van der Waals surface area contributed by atoms with E-state index < -0.39 is 0 Å². The Morgan fingerprint density at radius 1 is 0.964 bits per heavy atom. The van der Waals surface area contributed by atoms with Crippen LogP contribution in [0.15, 0.2) is 42.7 Å². The van der Waals surface area contributed by atoms with Crippen LogP contribution in [0.5, 0.6) is 0 Å². The molecule has 2 fully saturated rings. The maximum Gasteiger partial charge on any atom is 0.225 e. The van der Waals surface area contributed by atoms with Gasteiger partial charge < -0.3 is 15.1 Å². The van der Waals surface area contributed by atoms with E-state index in [-0.39, 0.29) is 5.91 Å². The lowest BCUT2D eigenvalue weighted by Crippen LogP contribution is -2.47. The molecule has 0 radical (unpaired) electrons. The molecule has 6 heteroatoms. The molecule has 148 valence electrons. The summed E-state index contributed by atoms with van der Waals surface area (Å²) in [6.07, 6.45) is 10.2. The molecule has 1 aliphatic heterocycles. The summed E-state index contributed by atoms with van der Waals surface area (Å²) >= 11 is 0. The van der Waals surface area contributed by atoms with Crippen LogP contribution in [0.1, 0.15) is 38.5 Å². The average molecular weight is 380 g/mol. The number of hydrogen-bond donors (Lipinski definition) is 1. The van der Waals surface area contributed by atoms with E-state index in [1.807, 2.05) is 6.07 Å². The second-order valence-electron chi connectivity index (χ2n) is 7.82. The summed E-state index contributed by atoms with van der Waals surface area (Å²) in [5.74, 6) is 1.54. The van der Waals surface area contributed by atoms with Crippen LogP contribution in [0.2, 0.25) is 0 Å². The number of nitrogens with one attached hydrogen (secondary N) is 1. The summed E-state index contributed by atoms with van der Waals surface area (Å²) in [6, 6.07) is 10.5. The summed E-state index contributed by atoms with van der Waals surface area (Å²) < 4.78 is 0. The molecule has 1 saturated carbocycles. The maximum absolute atomic E-state index is 12.1. The molecule has 1 N–H and O–H groups in total. The Morgan fingerprint density at radius 3 is 2.29 bits per heavy atom. The number of carbonyl (C=O) groups excluding carboxylic acids is 1. The van der Waals surface area contributed by atoms with Gasteiger partial charge in [0.15, 0.2) is 0 Å². The number of anilines is 3. The number of para-hydroxylation sites is 1. The van der Waals surface area contributed by atoms with Crippen molar-refractivity contribution < 1.29 is 4.79 Å². The SMILES string of the molecule is O=C(CCC1CCCC1)Nc1cnc(N2CCN(c3ccccc3)CC2)nc1. The van der Waals surface area contributed by atoms with Crippen LogP contribution >= 0.6 is 0 Å². The van der Waals surface area contributed by atoms with Crippen LogP contribution in [-0.2, 0) is 4.79 Å². The van der Waals surface area contributed by atoms with Crippen LogP contribution < -0.4 is 15.1 Å². The van der Waals surface area contributed by atoms with Gasteiger partial charge in [-0.15, -0.1) is 0 Å². The van der Waals surface area contributed by atoms with E-state index in [4.69, 9.17) is 0 Å². The molecule has 0 atom stereocenters. The zero-order chi connectivity index (χ0) is 19.2. The summed E-state index contributed by atoms with van der Waals surface area (Å²) in [7, 11) is 0. The van der Waals surface area contributed by atoms with Gasteiger partial charge in [-0.05, 0) is 24.5 Å². The molecule has 1 aromatic heterocycles. The summed E-state index contributed by atoms with van der Waals surface area (Å²) in [6.45, 7) is 3.68. The van der Waals surface area contributed by atoms with E-state index in [2.05, 4.69) is 49.4 Å². The number of hydrogen-bond acceptors (Lipinski definition) is 5. The van der Waals surface area contributed by atoms with Gasteiger partial charge in [-0.25, -0.2) is 9.97 Å². The minimum atomic E-state index is 0.0692. The van der Waals surface area contributed by atoms with Crippen molar-refractivity contribution in [3.8, 4) is 0 Å². The predicted octanol–water partition coefficient (Wildman–Crippen LogP) is 3.71. The van der Waals surface area contributed by atoms with Crippen LogP contribution in [0.4, 0.5) is 17.3 Å². The first-order valence-corrected chi connectivity index (χ1v) is 10.4. The van der Waals surface area contributed by atoms with Gasteiger partial charge in [0.05, 0.1) is 18.1 Å². The number of benzene rings is 1. The molecule has 28 heavy (non-hydrogen) atoms. The van der Waals surface area contributed by atoms with Gasteiger partial charge in [-0.1, -0.05) is 43.9 Å². The highest BCUT2D eigenvalue weighted by Crippen LogP contribution is 2.28. The van der Waals surface area contributed by atoms with Crippen molar-refractivity contribution in [2.24, 2.45) is 5.92 Å². The molecular weight excluding hydrogens is 350 g/mol. The van der Waals surface area contributed by atoms with Crippen molar-refractivity contribution in [1.82, 2.24) is 9.97 Å². The smallest absolute Gasteiger partial charge is 0.225 e. The van der Waals surface area contributed by atoms with E-state index in [1.54, 1.807) is 12.4 Å². The molecule has 0 bridgehead atoms. The molecule has 2 aromatic rings. The first-order valence-electron chi connectivity index (χ1n) is 10.4. The lowest BCUT2D eigenvalue weighted by molar-refractivity contribution is -0.116. The van der Waals surface area contributed by atoms with Gasteiger partial charge in [0.2, 0.25) is 11.9 Å². The van der Waals surface area contributed by atoms with Crippen LogP contribution in [-0.4, -0.2) is 42.1 Å². The highest BCUT2D eigenvalue weighted by molar-refractivity contribution is 5.90. The lowest BCUT2D eigenvalue weighted by Gasteiger charge is -2.36. The number of rotatable bonds is 6. The van der Waals surface area contributed by atoms with Crippen molar-refractivity contribution in [3.05, 3.63) is 42.7 Å². The molecule has 6 nitrogen and oxygen atoms in total. The molecule has 0 spiro atoms. The van der Waals surface area contributed by atoms with Gasteiger partial charge in [0.25, 0.3) is 0 Å². The van der Waals surface area contributed by atoms with Crippen LogP contribution in [0.25, 0.3) is 0 Å². The Labute approximate surface area is 167 Å². The Kier molecular flexibility index (Phi) is 6.04. The highest BCUT2D eigenvalue weighted by Gasteiger charge is 2.19. The zero-order valence-electron chi connectivity index (χ0n) is 16.4. The molecule has 1 amide bonds. The van der Waals surface area contributed by atoms with Gasteiger partial charge >= 0.3 is 0 Å². The quantitative estimate of drug-likeness (QED) is 0.829. The summed E-state index contributed by atoms with van der Waals surface area (Å²) in [5.41, 5.74) is 1.95. The van der Waals surface area contributed by atoms with Crippen molar-refractivity contribution in [1.29, 1.82) is 0 Å². The van der Waals surface area contributed by atoms with E-state index in [0.29, 0.717) is 12.1 Å². The molecular formula is C22H29N5O. The third kappa shape index (κ3) is 4.80. The Hall–Kier alpha value is -2.63. The second kappa shape index (κ2) is 9.04. The van der Waals surface area contributed by atoms with Crippen molar-refractivity contribution in [3.63, 3.8) is 0 Å².